The number of nitrogens with zero attached hydrogens (tertiary/aromatic N) is 2. The van der Waals surface area contributed by atoms with Gasteiger partial charge in [0.15, 0.2) is 0 Å². The molecule has 1 aromatic rings. The number of amides is 4. The van der Waals surface area contributed by atoms with E-state index in [1.165, 1.54) is 0 Å². The van der Waals surface area contributed by atoms with E-state index < -0.39 is 48.4 Å². The third-order valence-corrected chi connectivity index (χ3v) is 7.85. The molecule has 0 aliphatic carbocycles. The first-order valence-corrected chi connectivity index (χ1v) is 17.5. The number of aromatic nitrogens is 1. The van der Waals surface area contributed by atoms with Crippen LogP contribution in [0.5, 0.6) is 0 Å². The number of aliphatic carboxylic acids is 4. The molecule has 1 aromatic heterocycles. The van der Waals surface area contributed by atoms with Crippen molar-refractivity contribution in [1.82, 2.24) is 31.2 Å². The Morgan fingerprint density at radius 1 is 0.627 bits per heavy atom. The fourth-order valence-corrected chi connectivity index (χ4v) is 5.11. The second kappa shape index (κ2) is 27.0. The number of carbonyl (C=O) groups is 7. The Morgan fingerprint density at radius 3 is 1.71 bits per heavy atom. The predicted octanol–water partition coefficient (Wildman–Crippen LogP) is 2.34. The monoisotopic (exact) mass is 722 g/mol. The molecule has 1 rings (SSSR count). The standard InChI is InChI=1S/C34H54N6O11/c41-28(36-20-9-3-4-12-22-40(24-31(45)46)23-25-13-7-10-19-35-25)15-5-1-2-6-16-29(42)37-21-11-8-14-26(32(47)48)38-34(51)39-27(33(49)50)17-18-30(43)44/h7,10,13,19,26-27H,1-6,8-9,11-12,14-18,20-24H2,(H,36,41)(H,37,42)(H,43,44)(H,45,46)(H,47,48)(H,49,50)(H2,38,39,51)/t26-,27-/m0/s1. The molecule has 51 heavy (non-hydrogen) atoms. The fraction of sp³-hybridized carbons (Fsp3) is 0.647. The maximum absolute atomic E-state index is 12.1. The van der Waals surface area contributed by atoms with Gasteiger partial charge >= 0.3 is 29.9 Å². The lowest BCUT2D eigenvalue weighted by molar-refractivity contribution is -0.141. The highest BCUT2D eigenvalue weighted by Gasteiger charge is 2.24. The summed E-state index contributed by atoms with van der Waals surface area (Å²) in [6, 6.07) is 1.77. The van der Waals surface area contributed by atoms with Gasteiger partial charge in [0.05, 0.1) is 12.2 Å². The van der Waals surface area contributed by atoms with Crippen LogP contribution < -0.4 is 21.3 Å². The molecule has 1 heterocycles. The van der Waals surface area contributed by atoms with Gasteiger partial charge < -0.3 is 41.7 Å². The van der Waals surface area contributed by atoms with Gasteiger partial charge in [0, 0.05) is 45.1 Å². The SMILES string of the molecule is O=C(O)CC[C@H](NC(=O)N[C@@H](CCCCNC(=O)CCCCCCC(=O)NCCCCCCN(CC(=O)O)Cc1ccccn1)C(=O)O)C(=O)O. The van der Waals surface area contributed by atoms with Gasteiger partial charge in [-0.25, -0.2) is 14.4 Å². The quantitative estimate of drug-likeness (QED) is 0.0531. The number of pyridine rings is 1. The summed E-state index contributed by atoms with van der Waals surface area (Å²) in [7, 11) is 0. The van der Waals surface area contributed by atoms with E-state index in [9.17, 15) is 43.8 Å². The van der Waals surface area contributed by atoms with Gasteiger partial charge in [0.1, 0.15) is 12.1 Å². The van der Waals surface area contributed by atoms with Gasteiger partial charge in [-0.3, -0.25) is 29.1 Å². The molecule has 0 fully saturated rings. The average molecular weight is 723 g/mol. The van der Waals surface area contributed by atoms with Gasteiger partial charge in [-0.15, -0.1) is 0 Å². The first-order chi connectivity index (χ1) is 24.4. The summed E-state index contributed by atoms with van der Waals surface area (Å²) in [6.07, 6.45) is 9.04. The first-order valence-electron chi connectivity index (χ1n) is 17.5. The molecule has 4 amide bonds. The molecular formula is C34H54N6O11. The van der Waals surface area contributed by atoms with Crippen molar-refractivity contribution >= 4 is 41.7 Å². The maximum atomic E-state index is 12.1. The van der Waals surface area contributed by atoms with E-state index in [4.69, 9.17) is 10.2 Å². The molecule has 17 nitrogen and oxygen atoms in total. The average Bonchev–Trinajstić information content (AvgIpc) is 3.06. The smallest absolute Gasteiger partial charge is 0.326 e. The Balaban J connectivity index is 2.07. The van der Waals surface area contributed by atoms with Crippen LogP contribution in [0, 0.1) is 0 Å². The summed E-state index contributed by atoms with van der Waals surface area (Å²) in [5.74, 6) is -4.99. The zero-order chi connectivity index (χ0) is 37.9. The second-order valence-electron chi connectivity index (χ2n) is 12.3. The van der Waals surface area contributed by atoms with Gasteiger partial charge in [0.25, 0.3) is 0 Å². The van der Waals surface area contributed by atoms with E-state index in [-0.39, 0.29) is 31.2 Å². The van der Waals surface area contributed by atoms with Crippen molar-refractivity contribution in [2.75, 3.05) is 26.2 Å². The highest BCUT2D eigenvalue weighted by Crippen LogP contribution is 2.08. The topological polar surface area (TPSA) is 265 Å². The third kappa shape index (κ3) is 24.1. The summed E-state index contributed by atoms with van der Waals surface area (Å²) in [6.45, 7) is 2.03. The minimum atomic E-state index is -1.48. The Kier molecular flexibility index (Phi) is 23.4. The minimum absolute atomic E-state index is 0.00287. The van der Waals surface area contributed by atoms with Crippen LogP contribution in [0.1, 0.15) is 102 Å². The number of nitrogens with one attached hydrogen (secondary N) is 4. The van der Waals surface area contributed by atoms with Crippen molar-refractivity contribution in [3.05, 3.63) is 30.1 Å². The highest BCUT2D eigenvalue weighted by molar-refractivity contribution is 5.86. The molecule has 0 radical (unpaired) electrons. The Morgan fingerprint density at radius 2 is 1.18 bits per heavy atom. The number of rotatable bonds is 30. The zero-order valence-electron chi connectivity index (χ0n) is 29.1. The van der Waals surface area contributed by atoms with Gasteiger partial charge in [-0.2, -0.15) is 0 Å². The van der Waals surface area contributed by atoms with Crippen LogP contribution in [0.4, 0.5) is 4.79 Å². The molecule has 17 heteroatoms. The van der Waals surface area contributed by atoms with Crippen LogP contribution in [0.3, 0.4) is 0 Å². The lowest BCUT2D eigenvalue weighted by Crippen LogP contribution is -2.51. The number of unbranched alkanes of at least 4 members (excludes halogenated alkanes) is 7. The number of carboxylic acid groups (broad SMARTS) is 4. The van der Waals surface area contributed by atoms with Gasteiger partial charge in [-0.1, -0.05) is 31.7 Å². The third-order valence-electron chi connectivity index (χ3n) is 7.85. The van der Waals surface area contributed by atoms with Crippen molar-refractivity contribution in [3.8, 4) is 0 Å². The Hall–Kier alpha value is -4.80. The van der Waals surface area contributed by atoms with E-state index in [0.717, 1.165) is 50.6 Å². The lowest BCUT2D eigenvalue weighted by atomic mass is 10.1. The fourth-order valence-electron chi connectivity index (χ4n) is 5.11. The van der Waals surface area contributed by atoms with E-state index in [1.807, 2.05) is 23.1 Å². The summed E-state index contributed by atoms with van der Waals surface area (Å²) in [5.41, 5.74) is 0.832. The first kappa shape index (κ1) is 44.2. The van der Waals surface area contributed by atoms with Gasteiger partial charge in [-0.05, 0) is 70.0 Å². The predicted molar refractivity (Wildman–Crippen MR) is 185 cm³/mol. The van der Waals surface area contributed by atoms with Crippen LogP contribution in [0.15, 0.2) is 24.4 Å². The lowest BCUT2D eigenvalue weighted by Gasteiger charge is -2.19. The molecule has 0 unspecified atom stereocenters. The molecule has 0 saturated carbocycles. The number of hydrogen-bond acceptors (Lipinski definition) is 9. The Labute approximate surface area is 298 Å². The van der Waals surface area contributed by atoms with Crippen molar-refractivity contribution in [2.24, 2.45) is 0 Å². The molecular weight excluding hydrogens is 668 g/mol. The van der Waals surface area contributed by atoms with E-state index in [1.54, 1.807) is 6.20 Å². The van der Waals surface area contributed by atoms with Crippen LogP contribution in [-0.4, -0.2) is 110 Å². The normalized spacial score (nSPS) is 12.0. The number of hydrogen-bond donors (Lipinski definition) is 8. The Bertz CT molecular complexity index is 1230. The maximum Gasteiger partial charge on any atom is 0.326 e. The van der Waals surface area contributed by atoms with E-state index >= 15 is 0 Å². The highest BCUT2D eigenvalue weighted by atomic mass is 16.4. The molecule has 0 bridgehead atoms. The molecule has 0 spiro atoms. The molecule has 8 N–H and O–H groups in total. The molecule has 0 aliphatic heterocycles. The summed E-state index contributed by atoms with van der Waals surface area (Å²) in [4.78, 5) is 87.0. The number of urea groups is 1. The summed E-state index contributed by atoms with van der Waals surface area (Å²) < 4.78 is 0. The van der Waals surface area contributed by atoms with Crippen LogP contribution in [0.25, 0.3) is 0 Å². The van der Waals surface area contributed by atoms with Crippen molar-refractivity contribution < 1.29 is 54.0 Å². The molecule has 2 atom stereocenters. The number of carbonyl (C=O) groups excluding carboxylic acids is 3. The molecule has 286 valence electrons. The van der Waals surface area contributed by atoms with Crippen LogP contribution >= 0.6 is 0 Å². The van der Waals surface area contributed by atoms with Crippen molar-refractivity contribution in [3.63, 3.8) is 0 Å². The summed E-state index contributed by atoms with van der Waals surface area (Å²) in [5, 5.41) is 46.3. The van der Waals surface area contributed by atoms with Crippen LogP contribution in [-0.2, 0) is 35.3 Å². The van der Waals surface area contributed by atoms with Gasteiger partial charge in [0.2, 0.25) is 11.8 Å². The largest absolute Gasteiger partial charge is 0.481 e. The van der Waals surface area contributed by atoms with Crippen LogP contribution in [0.2, 0.25) is 0 Å². The second-order valence-corrected chi connectivity index (χ2v) is 12.3. The van der Waals surface area contributed by atoms with Crippen molar-refractivity contribution in [2.45, 2.75) is 115 Å². The molecule has 0 saturated heterocycles. The zero-order valence-corrected chi connectivity index (χ0v) is 29.1. The van der Waals surface area contributed by atoms with E-state index in [2.05, 4.69) is 26.3 Å². The molecule has 0 aromatic carbocycles. The minimum Gasteiger partial charge on any atom is -0.481 e. The van der Waals surface area contributed by atoms with E-state index in [0.29, 0.717) is 58.3 Å². The number of carboxylic acids is 4. The van der Waals surface area contributed by atoms with Crippen molar-refractivity contribution in [1.29, 1.82) is 0 Å². The summed E-state index contributed by atoms with van der Waals surface area (Å²) >= 11 is 0. The molecule has 0 aliphatic rings.